The summed E-state index contributed by atoms with van der Waals surface area (Å²) in [7, 11) is 1.54. The first-order valence-corrected chi connectivity index (χ1v) is 4.82. The first-order valence-electron chi connectivity index (χ1n) is 4.82. The van der Waals surface area contributed by atoms with E-state index >= 15 is 0 Å². The molecule has 0 heterocycles. The SMILES string of the molecule is COC(C=O)c1cccc2ccccc12. The lowest BCUT2D eigenvalue weighted by atomic mass is 10.0. The molecule has 2 nitrogen and oxygen atoms in total. The van der Waals surface area contributed by atoms with E-state index in [4.69, 9.17) is 4.74 Å². The van der Waals surface area contributed by atoms with Gasteiger partial charge in [0.25, 0.3) is 0 Å². The number of benzene rings is 2. The van der Waals surface area contributed by atoms with Crippen molar-refractivity contribution in [3.63, 3.8) is 0 Å². The summed E-state index contributed by atoms with van der Waals surface area (Å²) >= 11 is 0. The van der Waals surface area contributed by atoms with E-state index in [0.29, 0.717) is 0 Å². The Morgan fingerprint density at radius 2 is 1.87 bits per heavy atom. The van der Waals surface area contributed by atoms with Crippen LogP contribution in [0.5, 0.6) is 0 Å². The zero-order chi connectivity index (χ0) is 10.7. The normalized spacial score (nSPS) is 12.6. The van der Waals surface area contributed by atoms with Gasteiger partial charge in [0.05, 0.1) is 0 Å². The number of fused-ring (bicyclic) bond motifs is 1. The van der Waals surface area contributed by atoms with E-state index < -0.39 is 6.10 Å². The van der Waals surface area contributed by atoms with Crippen molar-refractivity contribution in [2.45, 2.75) is 6.10 Å². The number of ether oxygens (including phenoxy) is 1. The number of carbonyl (C=O) groups excluding carboxylic acids is 1. The molecule has 0 saturated heterocycles. The Balaban J connectivity index is 2.64. The molecule has 1 unspecified atom stereocenters. The van der Waals surface area contributed by atoms with Crippen LogP contribution in [0.3, 0.4) is 0 Å². The monoisotopic (exact) mass is 200 g/mol. The zero-order valence-corrected chi connectivity index (χ0v) is 8.51. The lowest BCUT2D eigenvalue weighted by Gasteiger charge is -2.11. The Hall–Kier alpha value is -1.67. The molecule has 0 radical (unpaired) electrons. The fraction of sp³-hybridized carbons (Fsp3) is 0.154. The predicted octanol–water partition coefficient (Wildman–Crippen LogP) is 2.73. The average Bonchev–Trinajstić information content (AvgIpc) is 2.31. The van der Waals surface area contributed by atoms with E-state index in [1.165, 1.54) is 0 Å². The highest BCUT2D eigenvalue weighted by molar-refractivity contribution is 5.88. The molecule has 0 N–H and O–H groups in total. The van der Waals surface area contributed by atoms with Crippen LogP contribution in [0.25, 0.3) is 10.8 Å². The van der Waals surface area contributed by atoms with E-state index in [1.54, 1.807) is 7.11 Å². The molecule has 0 bridgehead atoms. The van der Waals surface area contributed by atoms with Crippen LogP contribution in [0.2, 0.25) is 0 Å². The van der Waals surface area contributed by atoms with Crippen LogP contribution in [0.4, 0.5) is 0 Å². The van der Waals surface area contributed by atoms with Gasteiger partial charge in [-0.1, -0.05) is 42.5 Å². The molecule has 0 aliphatic carbocycles. The minimum Gasteiger partial charge on any atom is -0.369 e. The summed E-state index contributed by atoms with van der Waals surface area (Å²) in [6.07, 6.45) is 0.345. The molecule has 0 spiro atoms. The average molecular weight is 200 g/mol. The van der Waals surface area contributed by atoms with Crippen LogP contribution in [-0.2, 0) is 9.53 Å². The second-order valence-electron chi connectivity index (χ2n) is 3.36. The van der Waals surface area contributed by atoms with Crippen molar-refractivity contribution in [1.82, 2.24) is 0 Å². The molecule has 15 heavy (non-hydrogen) atoms. The number of aldehydes is 1. The van der Waals surface area contributed by atoms with Gasteiger partial charge < -0.3 is 9.53 Å². The summed E-state index contributed by atoms with van der Waals surface area (Å²) in [4.78, 5) is 10.9. The van der Waals surface area contributed by atoms with Crippen LogP contribution >= 0.6 is 0 Å². The van der Waals surface area contributed by atoms with Crippen molar-refractivity contribution >= 4 is 17.1 Å². The molecule has 2 rings (SSSR count). The minimum atomic E-state index is -0.476. The highest BCUT2D eigenvalue weighted by Gasteiger charge is 2.11. The van der Waals surface area contributed by atoms with E-state index in [9.17, 15) is 4.79 Å². The van der Waals surface area contributed by atoms with E-state index in [1.807, 2.05) is 42.5 Å². The second kappa shape index (κ2) is 4.24. The molecule has 0 fully saturated rings. The second-order valence-corrected chi connectivity index (χ2v) is 3.36. The van der Waals surface area contributed by atoms with E-state index in [-0.39, 0.29) is 0 Å². The Bertz CT molecular complexity index is 471. The number of hydrogen-bond donors (Lipinski definition) is 0. The highest BCUT2D eigenvalue weighted by atomic mass is 16.5. The summed E-state index contributed by atoms with van der Waals surface area (Å²) in [6, 6.07) is 13.9. The van der Waals surface area contributed by atoms with Crippen LogP contribution in [0, 0.1) is 0 Å². The first-order chi connectivity index (χ1) is 7.36. The Labute approximate surface area is 88.5 Å². The lowest BCUT2D eigenvalue weighted by molar-refractivity contribution is -0.116. The largest absolute Gasteiger partial charge is 0.369 e. The summed E-state index contributed by atoms with van der Waals surface area (Å²) in [5.74, 6) is 0. The van der Waals surface area contributed by atoms with Crippen LogP contribution in [0.15, 0.2) is 42.5 Å². The van der Waals surface area contributed by atoms with Crippen LogP contribution in [-0.4, -0.2) is 13.4 Å². The van der Waals surface area contributed by atoms with Gasteiger partial charge in [-0.3, -0.25) is 0 Å². The Morgan fingerprint density at radius 1 is 1.13 bits per heavy atom. The summed E-state index contributed by atoms with van der Waals surface area (Å²) in [5, 5.41) is 2.19. The number of carbonyl (C=O) groups is 1. The van der Waals surface area contributed by atoms with Gasteiger partial charge >= 0.3 is 0 Å². The predicted molar refractivity (Wildman–Crippen MR) is 59.8 cm³/mol. The topological polar surface area (TPSA) is 26.3 Å². The minimum absolute atomic E-state index is 0.476. The lowest BCUT2D eigenvalue weighted by Crippen LogP contribution is -2.02. The van der Waals surface area contributed by atoms with E-state index in [2.05, 4.69) is 0 Å². The third kappa shape index (κ3) is 1.76. The number of methoxy groups -OCH3 is 1. The van der Waals surface area contributed by atoms with Crippen LogP contribution in [0.1, 0.15) is 11.7 Å². The van der Waals surface area contributed by atoms with Gasteiger partial charge in [0, 0.05) is 7.11 Å². The molecular weight excluding hydrogens is 188 g/mol. The van der Waals surface area contributed by atoms with Crippen molar-refractivity contribution < 1.29 is 9.53 Å². The molecule has 2 aromatic carbocycles. The van der Waals surface area contributed by atoms with Gasteiger partial charge in [0.1, 0.15) is 6.10 Å². The van der Waals surface area contributed by atoms with Gasteiger partial charge in [-0.15, -0.1) is 0 Å². The van der Waals surface area contributed by atoms with Gasteiger partial charge in [0.2, 0.25) is 0 Å². The van der Waals surface area contributed by atoms with E-state index in [0.717, 1.165) is 22.6 Å². The molecule has 76 valence electrons. The summed E-state index contributed by atoms with van der Waals surface area (Å²) in [6.45, 7) is 0. The standard InChI is InChI=1S/C13H12O2/c1-15-13(9-14)12-8-4-6-10-5-2-3-7-11(10)12/h2-9,13H,1H3. The molecule has 0 aromatic heterocycles. The third-order valence-corrected chi connectivity index (χ3v) is 2.51. The number of rotatable bonds is 3. The molecule has 2 heteroatoms. The summed E-state index contributed by atoms with van der Waals surface area (Å²) in [5.41, 5.74) is 0.922. The Morgan fingerprint density at radius 3 is 2.60 bits per heavy atom. The molecule has 0 saturated carbocycles. The van der Waals surface area contributed by atoms with Gasteiger partial charge in [0.15, 0.2) is 6.29 Å². The van der Waals surface area contributed by atoms with Crippen LogP contribution < -0.4 is 0 Å². The van der Waals surface area contributed by atoms with Crippen molar-refractivity contribution in [3.8, 4) is 0 Å². The first kappa shape index (κ1) is 9.87. The zero-order valence-electron chi connectivity index (χ0n) is 8.51. The quantitative estimate of drug-likeness (QED) is 0.712. The fourth-order valence-corrected chi connectivity index (χ4v) is 1.75. The maximum absolute atomic E-state index is 10.9. The van der Waals surface area contributed by atoms with Crippen molar-refractivity contribution in [3.05, 3.63) is 48.0 Å². The van der Waals surface area contributed by atoms with Crippen molar-refractivity contribution in [2.75, 3.05) is 7.11 Å². The smallest absolute Gasteiger partial charge is 0.153 e. The van der Waals surface area contributed by atoms with Crippen molar-refractivity contribution in [1.29, 1.82) is 0 Å². The van der Waals surface area contributed by atoms with Crippen molar-refractivity contribution in [2.24, 2.45) is 0 Å². The maximum atomic E-state index is 10.9. The fourth-order valence-electron chi connectivity index (χ4n) is 1.75. The van der Waals surface area contributed by atoms with Gasteiger partial charge in [-0.05, 0) is 16.3 Å². The Kier molecular flexibility index (Phi) is 2.79. The molecule has 0 aliphatic heterocycles. The molecule has 1 atom stereocenters. The van der Waals surface area contributed by atoms with Gasteiger partial charge in [-0.2, -0.15) is 0 Å². The highest BCUT2D eigenvalue weighted by Crippen LogP contribution is 2.24. The molecular formula is C13H12O2. The summed E-state index contributed by atoms with van der Waals surface area (Å²) < 4.78 is 5.13. The third-order valence-electron chi connectivity index (χ3n) is 2.51. The molecule has 0 aliphatic rings. The molecule has 2 aromatic rings. The maximum Gasteiger partial charge on any atom is 0.153 e. The number of hydrogen-bond acceptors (Lipinski definition) is 2. The molecule has 0 amide bonds. The van der Waals surface area contributed by atoms with Gasteiger partial charge in [-0.25, -0.2) is 0 Å².